The molecule has 0 saturated heterocycles. The lowest BCUT2D eigenvalue weighted by Gasteiger charge is -2.22. The number of amides is 1. The van der Waals surface area contributed by atoms with Gasteiger partial charge in [-0.15, -0.1) is 11.3 Å². The predicted octanol–water partition coefficient (Wildman–Crippen LogP) is 1.74. The van der Waals surface area contributed by atoms with E-state index in [-0.39, 0.29) is 11.7 Å². The molecule has 0 aromatic carbocycles. The Balaban J connectivity index is 1.98. The van der Waals surface area contributed by atoms with Crippen molar-refractivity contribution < 1.29 is 10.0 Å². The number of hydrogen-bond donors (Lipinski definition) is 3. The van der Waals surface area contributed by atoms with Crippen LogP contribution in [0.2, 0.25) is 0 Å². The first kappa shape index (κ1) is 13.9. The molecule has 5 nitrogen and oxygen atoms in total. The number of fused-ring (bicyclic) bond motifs is 1. The van der Waals surface area contributed by atoms with Crippen LogP contribution in [-0.4, -0.2) is 23.5 Å². The van der Waals surface area contributed by atoms with Gasteiger partial charge in [0.25, 0.3) is 5.91 Å². The van der Waals surface area contributed by atoms with Crippen LogP contribution in [0.4, 0.5) is 0 Å². The third-order valence-electron chi connectivity index (χ3n) is 3.46. The first-order valence-corrected chi connectivity index (χ1v) is 7.13. The second-order valence-electron chi connectivity index (χ2n) is 5.46. The van der Waals surface area contributed by atoms with E-state index in [2.05, 4.69) is 10.5 Å². The van der Waals surface area contributed by atoms with Gasteiger partial charge in [0.2, 0.25) is 0 Å². The minimum atomic E-state index is -0.565. The van der Waals surface area contributed by atoms with Crippen molar-refractivity contribution in [2.75, 3.05) is 6.54 Å². The number of oxime groups is 1. The Kier molecular flexibility index (Phi) is 3.80. The van der Waals surface area contributed by atoms with E-state index in [0.29, 0.717) is 6.54 Å². The van der Waals surface area contributed by atoms with Crippen molar-refractivity contribution in [2.45, 2.75) is 33.1 Å². The number of hydrogen-bond acceptors (Lipinski definition) is 4. The predicted molar refractivity (Wildman–Crippen MR) is 75.9 cm³/mol. The maximum Gasteiger partial charge on any atom is 0.261 e. The number of rotatable bonds is 4. The normalized spacial score (nSPS) is 15.4. The zero-order valence-electron chi connectivity index (χ0n) is 11.2. The largest absolute Gasteiger partial charge is 0.409 e. The third kappa shape index (κ3) is 2.89. The molecule has 0 spiro atoms. The Morgan fingerprint density at radius 2 is 2.32 bits per heavy atom. The summed E-state index contributed by atoms with van der Waals surface area (Å²) in [6.07, 6.45) is 3.36. The van der Waals surface area contributed by atoms with Crippen molar-refractivity contribution in [2.24, 2.45) is 16.3 Å². The van der Waals surface area contributed by atoms with E-state index >= 15 is 0 Å². The van der Waals surface area contributed by atoms with Crippen LogP contribution in [0.1, 0.15) is 40.4 Å². The minimum absolute atomic E-state index is 0.0850. The van der Waals surface area contributed by atoms with Gasteiger partial charge < -0.3 is 16.3 Å². The zero-order chi connectivity index (χ0) is 14.0. The minimum Gasteiger partial charge on any atom is -0.409 e. The summed E-state index contributed by atoms with van der Waals surface area (Å²) in [5.74, 6) is 0.0275. The number of amidine groups is 1. The Labute approximate surface area is 116 Å². The third-order valence-corrected chi connectivity index (χ3v) is 4.70. The summed E-state index contributed by atoms with van der Waals surface area (Å²) in [7, 11) is 0. The molecule has 0 fully saturated rings. The Bertz CT molecular complexity index is 498. The standard InChI is InChI=1S/C13H19N3O2S/c1-13(2,12(14)16-18)7-15-11(17)10-6-8-4-3-5-9(8)19-10/h6,18H,3-5,7H2,1-2H3,(H2,14,16)(H,15,17). The molecule has 0 radical (unpaired) electrons. The molecule has 0 atom stereocenters. The molecule has 4 N–H and O–H groups in total. The second-order valence-corrected chi connectivity index (χ2v) is 6.60. The first-order chi connectivity index (χ1) is 8.94. The molecule has 1 amide bonds. The Morgan fingerprint density at radius 3 is 2.95 bits per heavy atom. The van der Waals surface area contributed by atoms with Crippen molar-refractivity contribution in [1.82, 2.24) is 5.32 Å². The highest BCUT2D eigenvalue weighted by Crippen LogP contribution is 2.30. The molecular weight excluding hydrogens is 262 g/mol. The van der Waals surface area contributed by atoms with Crippen LogP contribution in [-0.2, 0) is 12.8 Å². The number of nitrogens with two attached hydrogens (primary N) is 1. The SMILES string of the molecule is CC(C)(CNC(=O)c1cc2c(s1)CCC2)C(N)=NO. The fourth-order valence-electron chi connectivity index (χ4n) is 2.06. The number of carbonyl (C=O) groups excluding carboxylic acids is 1. The molecule has 1 aliphatic rings. The van der Waals surface area contributed by atoms with Gasteiger partial charge in [0.05, 0.1) is 4.88 Å². The number of thiophene rings is 1. The molecule has 0 unspecified atom stereocenters. The van der Waals surface area contributed by atoms with E-state index < -0.39 is 5.41 Å². The zero-order valence-corrected chi connectivity index (χ0v) is 12.0. The summed E-state index contributed by atoms with van der Waals surface area (Å²) >= 11 is 1.57. The summed E-state index contributed by atoms with van der Waals surface area (Å²) in [6, 6.07) is 1.98. The summed E-state index contributed by atoms with van der Waals surface area (Å²) in [4.78, 5) is 14.1. The molecule has 104 valence electrons. The monoisotopic (exact) mass is 281 g/mol. The van der Waals surface area contributed by atoms with Crippen molar-refractivity contribution in [1.29, 1.82) is 0 Å². The number of nitrogens with one attached hydrogen (secondary N) is 1. The highest BCUT2D eigenvalue weighted by Gasteiger charge is 2.25. The van der Waals surface area contributed by atoms with Gasteiger partial charge in [0.15, 0.2) is 0 Å². The summed E-state index contributed by atoms with van der Waals surface area (Å²) < 4.78 is 0. The van der Waals surface area contributed by atoms with Crippen LogP contribution >= 0.6 is 11.3 Å². The van der Waals surface area contributed by atoms with Crippen LogP contribution < -0.4 is 11.1 Å². The quantitative estimate of drug-likeness (QED) is 0.340. The fraction of sp³-hybridized carbons (Fsp3) is 0.538. The lowest BCUT2D eigenvalue weighted by molar-refractivity contribution is 0.0948. The van der Waals surface area contributed by atoms with Crippen LogP contribution in [0.5, 0.6) is 0 Å². The van der Waals surface area contributed by atoms with Gasteiger partial charge in [-0.25, -0.2) is 0 Å². The van der Waals surface area contributed by atoms with E-state index in [0.717, 1.165) is 17.7 Å². The van der Waals surface area contributed by atoms with E-state index in [1.54, 1.807) is 11.3 Å². The smallest absolute Gasteiger partial charge is 0.261 e. The number of carbonyl (C=O) groups is 1. The number of aryl methyl sites for hydroxylation is 2. The molecule has 2 rings (SSSR count). The molecule has 1 aromatic heterocycles. The van der Waals surface area contributed by atoms with Gasteiger partial charge in [0.1, 0.15) is 5.84 Å². The molecular formula is C13H19N3O2S. The summed E-state index contributed by atoms with van der Waals surface area (Å²) in [6.45, 7) is 3.97. The molecule has 0 saturated carbocycles. The fourth-order valence-corrected chi connectivity index (χ4v) is 3.23. The molecule has 19 heavy (non-hydrogen) atoms. The van der Waals surface area contributed by atoms with Crippen molar-refractivity contribution in [3.63, 3.8) is 0 Å². The van der Waals surface area contributed by atoms with E-state index in [1.807, 2.05) is 19.9 Å². The topological polar surface area (TPSA) is 87.7 Å². The Hall–Kier alpha value is -1.56. The van der Waals surface area contributed by atoms with E-state index in [9.17, 15) is 4.79 Å². The van der Waals surface area contributed by atoms with Gasteiger partial charge in [0, 0.05) is 16.8 Å². The van der Waals surface area contributed by atoms with Crippen LogP contribution in [0, 0.1) is 5.41 Å². The lowest BCUT2D eigenvalue weighted by atomic mass is 9.92. The molecule has 6 heteroatoms. The van der Waals surface area contributed by atoms with Gasteiger partial charge >= 0.3 is 0 Å². The maximum absolute atomic E-state index is 12.1. The van der Waals surface area contributed by atoms with E-state index in [1.165, 1.54) is 16.9 Å². The van der Waals surface area contributed by atoms with Gasteiger partial charge in [-0.3, -0.25) is 4.79 Å². The van der Waals surface area contributed by atoms with E-state index in [4.69, 9.17) is 10.9 Å². The first-order valence-electron chi connectivity index (χ1n) is 6.32. The summed E-state index contributed by atoms with van der Waals surface area (Å²) in [5.41, 5.74) is 6.33. The van der Waals surface area contributed by atoms with Gasteiger partial charge in [-0.05, 0) is 30.9 Å². The average Bonchev–Trinajstić information content (AvgIpc) is 2.95. The molecule has 1 aliphatic carbocycles. The van der Waals surface area contributed by atoms with Crippen LogP contribution in [0.3, 0.4) is 0 Å². The van der Waals surface area contributed by atoms with Gasteiger partial charge in [-0.2, -0.15) is 0 Å². The van der Waals surface area contributed by atoms with Crippen LogP contribution in [0.15, 0.2) is 11.2 Å². The van der Waals surface area contributed by atoms with Crippen molar-refractivity contribution in [3.05, 3.63) is 21.4 Å². The molecule has 1 heterocycles. The second kappa shape index (κ2) is 5.21. The highest BCUT2D eigenvalue weighted by molar-refractivity contribution is 7.14. The number of nitrogens with zero attached hydrogens (tertiary/aromatic N) is 1. The molecule has 1 aromatic rings. The maximum atomic E-state index is 12.1. The molecule has 0 bridgehead atoms. The lowest BCUT2D eigenvalue weighted by Crippen LogP contribution is -2.42. The van der Waals surface area contributed by atoms with Gasteiger partial charge in [-0.1, -0.05) is 19.0 Å². The average molecular weight is 281 g/mol. The Morgan fingerprint density at radius 1 is 1.58 bits per heavy atom. The van der Waals surface area contributed by atoms with Crippen molar-refractivity contribution in [3.8, 4) is 0 Å². The summed E-state index contributed by atoms with van der Waals surface area (Å²) in [5, 5.41) is 14.5. The van der Waals surface area contributed by atoms with Crippen LogP contribution in [0.25, 0.3) is 0 Å². The highest BCUT2D eigenvalue weighted by atomic mass is 32.1. The molecule has 0 aliphatic heterocycles. The van der Waals surface area contributed by atoms with Crippen molar-refractivity contribution >= 4 is 23.1 Å².